The first-order chi connectivity index (χ1) is 13.1. The summed E-state index contributed by atoms with van der Waals surface area (Å²) in [6, 6.07) is 17.5. The third kappa shape index (κ3) is 3.47. The van der Waals surface area contributed by atoms with E-state index in [9.17, 15) is 4.79 Å². The molecule has 27 heavy (non-hydrogen) atoms. The standard InChI is InChI=1S/C19H16N6OS/c20-17-23-18(21)25-19(24-17)27-10-14(26)15-12-8-4-5-9-13(12)22-16(15)11-6-2-1-3-7-11/h1-9,22H,10H2,(H4,20,21,23,24,25). The Hall–Kier alpha value is -3.39. The molecule has 0 bridgehead atoms. The van der Waals surface area contributed by atoms with E-state index in [1.165, 1.54) is 11.8 Å². The fraction of sp³-hybridized carbons (Fsp3) is 0.0526. The molecule has 0 atom stereocenters. The fourth-order valence-electron chi connectivity index (χ4n) is 2.91. The van der Waals surface area contributed by atoms with Crippen LogP contribution in [0.2, 0.25) is 0 Å². The van der Waals surface area contributed by atoms with Crippen LogP contribution in [0.5, 0.6) is 0 Å². The van der Waals surface area contributed by atoms with Crippen molar-refractivity contribution in [3.63, 3.8) is 0 Å². The lowest BCUT2D eigenvalue weighted by Gasteiger charge is -2.05. The van der Waals surface area contributed by atoms with Gasteiger partial charge in [0.25, 0.3) is 0 Å². The Balaban J connectivity index is 1.70. The number of fused-ring (bicyclic) bond motifs is 1. The zero-order valence-electron chi connectivity index (χ0n) is 14.2. The van der Waals surface area contributed by atoms with Gasteiger partial charge >= 0.3 is 0 Å². The first-order valence-corrected chi connectivity index (χ1v) is 9.19. The van der Waals surface area contributed by atoms with Crippen LogP contribution >= 0.6 is 11.8 Å². The molecule has 8 heteroatoms. The SMILES string of the molecule is Nc1nc(N)nc(SCC(=O)c2c(-c3ccccc3)[nH]c3ccccc23)n1. The van der Waals surface area contributed by atoms with Crippen molar-refractivity contribution in [2.45, 2.75) is 5.16 Å². The van der Waals surface area contributed by atoms with Gasteiger partial charge in [0, 0.05) is 10.9 Å². The number of nitrogens with one attached hydrogen (secondary N) is 1. The Kier molecular flexibility index (Phi) is 4.47. The van der Waals surface area contributed by atoms with Crippen LogP contribution in [0.15, 0.2) is 59.8 Å². The molecule has 7 nitrogen and oxygen atoms in total. The smallest absolute Gasteiger partial charge is 0.225 e. The Bertz CT molecular complexity index is 1110. The molecule has 2 heterocycles. The number of H-pyrrole nitrogens is 1. The number of rotatable bonds is 5. The summed E-state index contributed by atoms with van der Waals surface area (Å²) in [6.45, 7) is 0. The summed E-state index contributed by atoms with van der Waals surface area (Å²) in [5, 5.41) is 1.21. The van der Waals surface area contributed by atoms with E-state index in [2.05, 4.69) is 19.9 Å². The number of hydrogen-bond acceptors (Lipinski definition) is 7. The van der Waals surface area contributed by atoms with Crippen molar-refractivity contribution in [3.05, 3.63) is 60.2 Å². The Morgan fingerprint density at radius 3 is 2.33 bits per heavy atom. The molecule has 0 aliphatic carbocycles. The van der Waals surface area contributed by atoms with E-state index >= 15 is 0 Å². The lowest BCUT2D eigenvalue weighted by atomic mass is 10.0. The van der Waals surface area contributed by atoms with Crippen LogP contribution < -0.4 is 11.5 Å². The number of carbonyl (C=O) groups is 1. The summed E-state index contributed by atoms with van der Waals surface area (Å²) in [5.41, 5.74) is 14.5. The molecule has 0 aliphatic heterocycles. The van der Waals surface area contributed by atoms with Gasteiger partial charge in [-0.05, 0) is 11.6 Å². The summed E-state index contributed by atoms with van der Waals surface area (Å²) in [7, 11) is 0. The average molecular weight is 376 g/mol. The topological polar surface area (TPSA) is 124 Å². The highest BCUT2D eigenvalue weighted by Crippen LogP contribution is 2.31. The van der Waals surface area contributed by atoms with Gasteiger partial charge in [0.2, 0.25) is 11.9 Å². The van der Waals surface area contributed by atoms with E-state index in [1.807, 2.05) is 54.6 Å². The van der Waals surface area contributed by atoms with Crippen molar-refractivity contribution in [1.29, 1.82) is 0 Å². The van der Waals surface area contributed by atoms with Crippen LogP contribution in [0.1, 0.15) is 10.4 Å². The van der Waals surface area contributed by atoms with Crippen molar-refractivity contribution in [2.75, 3.05) is 17.2 Å². The van der Waals surface area contributed by atoms with E-state index in [-0.39, 0.29) is 23.4 Å². The highest BCUT2D eigenvalue weighted by atomic mass is 32.2. The fourth-order valence-corrected chi connectivity index (χ4v) is 3.63. The Labute approximate surface area is 159 Å². The van der Waals surface area contributed by atoms with Gasteiger partial charge in [-0.25, -0.2) is 0 Å². The number of ketones is 1. The van der Waals surface area contributed by atoms with Crippen molar-refractivity contribution in [2.24, 2.45) is 0 Å². The molecule has 0 unspecified atom stereocenters. The number of benzene rings is 2. The molecule has 0 fully saturated rings. The number of carbonyl (C=O) groups excluding carboxylic acids is 1. The van der Waals surface area contributed by atoms with E-state index in [0.717, 1.165) is 22.2 Å². The summed E-state index contributed by atoms with van der Waals surface area (Å²) < 4.78 is 0. The normalized spacial score (nSPS) is 11.0. The van der Waals surface area contributed by atoms with Gasteiger partial charge in [-0.15, -0.1) is 0 Å². The first-order valence-electron chi connectivity index (χ1n) is 8.21. The number of anilines is 2. The summed E-state index contributed by atoms with van der Waals surface area (Å²) in [5.74, 6) is 0.197. The molecular formula is C19H16N6OS. The van der Waals surface area contributed by atoms with E-state index < -0.39 is 0 Å². The van der Waals surface area contributed by atoms with E-state index in [4.69, 9.17) is 11.5 Å². The monoisotopic (exact) mass is 376 g/mol. The molecule has 0 spiro atoms. The Morgan fingerprint density at radius 2 is 1.59 bits per heavy atom. The molecule has 0 amide bonds. The minimum atomic E-state index is -0.0335. The van der Waals surface area contributed by atoms with Crippen LogP contribution in [-0.2, 0) is 0 Å². The lowest BCUT2D eigenvalue weighted by Crippen LogP contribution is -2.07. The highest BCUT2D eigenvalue weighted by Gasteiger charge is 2.20. The van der Waals surface area contributed by atoms with E-state index in [1.54, 1.807) is 0 Å². The number of thioether (sulfide) groups is 1. The van der Waals surface area contributed by atoms with Gasteiger partial charge in [0.05, 0.1) is 17.0 Å². The van der Waals surface area contributed by atoms with Gasteiger partial charge in [-0.1, -0.05) is 60.3 Å². The third-order valence-electron chi connectivity index (χ3n) is 4.03. The quantitative estimate of drug-likeness (QED) is 0.361. The Morgan fingerprint density at radius 1 is 0.926 bits per heavy atom. The van der Waals surface area contributed by atoms with Crippen molar-refractivity contribution >= 4 is 40.3 Å². The average Bonchev–Trinajstić information content (AvgIpc) is 3.06. The minimum Gasteiger partial charge on any atom is -0.368 e. The molecule has 5 N–H and O–H groups in total. The predicted molar refractivity (Wildman–Crippen MR) is 107 cm³/mol. The molecule has 4 rings (SSSR count). The number of aromatic amines is 1. The number of aromatic nitrogens is 4. The molecule has 0 saturated carbocycles. The number of hydrogen-bond donors (Lipinski definition) is 3. The maximum atomic E-state index is 13.1. The molecular weight excluding hydrogens is 360 g/mol. The predicted octanol–water partition coefficient (Wildman–Crippen LogP) is 3.16. The minimum absolute atomic E-state index is 0.0335. The summed E-state index contributed by atoms with van der Waals surface area (Å²) in [6.07, 6.45) is 0. The largest absolute Gasteiger partial charge is 0.368 e. The first kappa shape index (κ1) is 17.0. The zero-order chi connectivity index (χ0) is 18.8. The second kappa shape index (κ2) is 7.08. The van der Waals surface area contributed by atoms with Crippen LogP contribution in [0, 0.1) is 0 Å². The number of para-hydroxylation sites is 1. The maximum Gasteiger partial charge on any atom is 0.225 e. The van der Waals surface area contributed by atoms with Gasteiger partial charge in [0.15, 0.2) is 10.9 Å². The number of Topliss-reactive ketones (excluding diaryl/α,β-unsaturated/α-hetero) is 1. The molecule has 2 aromatic heterocycles. The van der Waals surface area contributed by atoms with Crippen LogP contribution in [-0.4, -0.2) is 31.5 Å². The number of nitrogens with two attached hydrogens (primary N) is 2. The van der Waals surface area contributed by atoms with Gasteiger partial charge < -0.3 is 16.5 Å². The van der Waals surface area contributed by atoms with Crippen LogP contribution in [0.3, 0.4) is 0 Å². The molecule has 4 aromatic rings. The third-order valence-corrected chi connectivity index (χ3v) is 4.88. The molecule has 134 valence electrons. The van der Waals surface area contributed by atoms with Crippen molar-refractivity contribution in [3.8, 4) is 11.3 Å². The zero-order valence-corrected chi connectivity index (χ0v) is 15.0. The molecule has 0 radical (unpaired) electrons. The van der Waals surface area contributed by atoms with Gasteiger partial charge in [0.1, 0.15) is 0 Å². The van der Waals surface area contributed by atoms with Gasteiger partial charge in [-0.3, -0.25) is 4.79 Å². The lowest BCUT2D eigenvalue weighted by molar-refractivity contribution is 0.102. The van der Waals surface area contributed by atoms with E-state index in [0.29, 0.717) is 10.7 Å². The molecule has 0 aliphatic rings. The van der Waals surface area contributed by atoms with Crippen molar-refractivity contribution < 1.29 is 4.79 Å². The number of nitrogens with zero attached hydrogens (tertiary/aromatic N) is 3. The van der Waals surface area contributed by atoms with Crippen LogP contribution in [0.25, 0.3) is 22.2 Å². The summed E-state index contributed by atoms with van der Waals surface area (Å²) >= 11 is 1.18. The second-order valence-corrected chi connectivity index (χ2v) is 6.78. The summed E-state index contributed by atoms with van der Waals surface area (Å²) in [4.78, 5) is 28.2. The molecule has 0 saturated heterocycles. The molecule has 2 aromatic carbocycles. The van der Waals surface area contributed by atoms with Crippen LogP contribution in [0.4, 0.5) is 11.9 Å². The second-order valence-electron chi connectivity index (χ2n) is 5.83. The van der Waals surface area contributed by atoms with Crippen molar-refractivity contribution in [1.82, 2.24) is 19.9 Å². The highest BCUT2D eigenvalue weighted by molar-refractivity contribution is 7.99. The maximum absolute atomic E-state index is 13.1. The van der Waals surface area contributed by atoms with Gasteiger partial charge in [-0.2, -0.15) is 15.0 Å². The number of nitrogen functional groups attached to an aromatic ring is 2.